The van der Waals surface area contributed by atoms with Gasteiger partial charge in [0.15, 0.2) is 21.3 Å². The zero-order valence-corrected chi connectivity index (χ0v) is 13.0. The van der Waals surface area contributed by atoms with Gasteiger partial charge < -0.3 is 19.9 Å². The summed E-state index contributed by atoms with van der Waals surface area (Å²) < 4.78 is 33.2. The number of hydrogen-bond acceptors (Lipinski definition) is 6. The smallest absolute Gasteiger partial charge is 0.160 e. The average Bonchev–Trinajstić information content (AvgIpc) is 2.71. The summed E-state index contributed by atoms with van der Waals surface area (Å²) in [6, 6.07) is 5.28. The lowest BCUT2D eigenvalue weighted by atomic mass is 10.1. The Balaban J connectivity index is 1.89. The van der Waals surface area contributed by atoms with Gasteiger partial charge in [-0.15, -0.1) is 0 Å². The van der Waals surface area contributed by atoms with Crippen molar-refractivity contribution in [2.75, 3.05) is 32.3 Å². The van der Waals surface area contributed by atoms with Gasteiger partial charge in [-0.25, -0.2) is 8.42 Å². The van der Waals surface area contributed by atoms with Crippen molar-refractivity contribution >= 4 is 9.84 Å². The van der Waals surface area contributed by atoms with Crippen molar-refractivity contribution in [2.45, 2.75) is 18.6 Å². The van der Waals surface area contributed by atoms with Crippen LogP contribution in [0.4, 0.5) is 0 Å². The van der Waals surface area contributed by atoms with E-state index < -0.39 is 15.9 Å². The second kappa shape index (κ2) is 6.64. The van der Waals surface area contributed by atoms with Crippen LogP contribution >= 0.6 is 0 Å². The normalized spacial score (nSPS) is 24.0. The molecule has 1 saturated heterocycles. The first kappa shape index (κ1) is 16.1. The minimum absolute atomic E-state index is 0.0000995. The first-order chi connectivity index (χ1) is 9.95. The molecule has 1 aromatic carbocycles. The molecule has 2 atom stereocenters. The van der Waals surface area contributed by atoms with Crippen molar-refractivity contribution in [1.82, 2.24) is 5.32 Å². The van der Waals surface area contributed by atoms with Gasteiger partial charge in [0.25, 0.3) is 0 Å². The van der Waals surface area contributed by atoms with Crippen molar-refractivity contribution in [3.8, 4) is 11.5 Å². The van der Waals surface area contributed by atoms with Crippen LogP contribution < -0.4 is 14.8 Å². The molecule has 1 aliphatic rings. The van der Waals surface area contributed by atoms with Gasteiger partial charge in [-0.1, -0.05) is 6.07 Å². The van der Waals surface area contributed by atoms with Gasteiger partial charge in [0.2, 0.25) is 0 Å². The summed E-state index contributed by atoms with van der Waals surface area (Å²) in [7, 11) is 0.0589. The van der Waals surface area contributed by atoms with Crippen LogP contribution in [0.3, 0.4) is 0 Å². The highest BCUT2D eigenvalue weighted by Gasteiger charge is 2.35. The van der Waals surface area contributed by atoms with Crippen LogP contribution in [-0.2, 0) is 16.3 Å². The number of sulfone groups is 1. The maximum absolute atomic E-state index is 11.4. The molecule has 0 unspecified atom stereocenters. The van der Waals surface area contributed by atoms with Crippen LogP contribution in [0.15, 0.2) is 18.2 Å². The number of nitrogens with one attached hydrogen (secondary N) is 1. The molecule has 2 N–H and O–H groups in total. The highest BCUT2D eigenvalue weighted by Crippen LogP contribution is 2.27. The summed E-state index contributed by atoms with van der Waals surface area (Å²) >= 11 is 0. The zero-order valence-electron chi connectivity index (χ0n) is 12.2. The Hall–Kier alpha value is -1.31. The number of aliphatic hydroxyl groups is 1. The minimum Gasteiger partial charge on any atom is -0.493 e. The van der Waals surface area contributed by atoms with E-state index in [1.54, 1.807) is 14.2 Å². The van der Waals surface area contributed by atoms with E-state index in [0.29, 0.717) is 24.5 Å². The van der Waals surface area contributed by atoms with Crippen LogP contribution in [0.2, 0.25) is 0 Å². The molecular weight excluding hydrogens is 294 g/mol. The van der Waals surface area contributed by atoms with E-state index in [4.69, 9.17) is 9.47 Å². The van der Waals surface area contributed by atoms with Gasteiger partial charge in [0.05, 0.1) is 31.8 Å². The summed E-state index contributed by atoms with van der Waals surface area (Å²) in [5.74, 6) is 1.19. The molecule has 1 aliphatic heterocycles. The van der Waals surface area contributed by atoms with Crippen molar-refractivity contribution in [3.63, 3.8) is 0 Å². The van der Waals surface area contributed by atoms with E-state index >= 15 is 0 Å². The Bertz CT molecular complexity index is 587. The second-order valence-electron chi connectivity index (χ2n) is 5.14. The van der Waals surface area contributed by atoms with E-state index in [1.807, 2.05) is 18.2 Å². The average molecular weight is 315 g/mol. The molecule has 2 rings (SSSR count). The summed E-state index contributed by atoms with van der Waals surface area (Å²) in [5.41, 5.74) is 1.05. The van der Waals surface area contributed by atoms with Crippen LogP contribution in [0, 0.1) is 0 Å². The van der Waals surface area contributed by atoms with Gasteiger partial charge in [0.1, 0.15) is 0 Å². The molecule has 0 amide bonds. The first-order valence-electron chi connectivity index (χ1n) is 6.78. The van der Waals surface area contributed by atoms with Crippen LogP contribution in [-0.4, -0.2) is 57.9 Å². The lowest BCUT2D eigenvalue weighted by molar-refractivity contribution is 0.166. The van der Waals surface area contributed by atoms with E-state index in [0.717, 1.165) is 5.56 Å². The highest BCUT2D eigenvalue weighted by atomic mass is 32.2. The Morgan fingerprint density at radius 1 is 1.24 bits per heavy atom. The summed E-state index contributed by atoms with van der Waals surface area (Å²) in [6.07, 6.45) is -0.107. The molecule has 1 heterocycles. The van der Waals surface area contributed by atoms with Gasteiger partial charge in [-0.2, -0.15) is 0 Å². The van der Waals surface area contributed by atoms with Gasteiger partial charge in [-0.3, -0.25) is 0 Å². The Kier molecular flexibility index (Phi) is 5.08. The lowest BCUT2D eigenvalue weighted by Gasteiger charge is -2.15. The van der Waals surface area contributed by atoms with Crippen LogP contribution in [0.5, 0.6) is 11.5 Å². The Morgan fingerprint density at radius 3 is 2.52 bits per heavy atom. The fourth-order valence-electron chi connectivity index (χ4n) is 2.46. The molecule has 0 bridgehead atoms. The van der Waals surface area contributed by atoms with E-state index in [1.165, 1.54) is 0 Å². The summed E-state index contributed by atoms with van der Waals surface area (Å²) in [6.45, 7) is 0.590. The maximum Gasteiger partial charge on any atom is 0.160 e. The number of ether oxygens (including phenoxy) is 2. The molecular formula is C14H21NO5S. The monoisotopic (exact) mass is 315 g/mol. The van der Waals surface area contributed by atoms with Crippen LogP contribution in [0.1, 0.15) is 5.56 Å². The minimum atomic E-state index is -3.11. The third-order valence-electron chi connectivity index (χ3n) is 3.59. The standard InChI is InChI=1S/C14H21NO5S/c1-19-13-4-3-10(7-14(13)20-2)5-6-15-11-8-21(17,18)9-12(11)16/h3-4,7,11-12,15-16H,5-6,8-9H2,1-2H3/t11-,12+/m1/s1. The van der Waals surface area contributed by atoms with E-state index in [9.17, 15) is 13.5 Å². The molecule has 6 nitrogen and oxygen atoms in total. The molecule has 7 heteroatoms. The third kappa shape index (κ3) is 4.09. The van der Waals surface area contributed by atoms with Gasteiger partial charge in [-0.05, 0) is 30.7 Å². The molecule has 1 aromatic rings. The number of hydrogen-bond donors (Lipinski definition) is 2. The summed E-state index contributed by atoms with van der Waals surface area (Å²) in [5, 5.41) is 12.8. The van der Waals surface area contributed by atoms with Crippen molar-refractivity contribution < 1.29 is 23.0 Å². The number of benzene rings is 1. The molecule has 1 fully saturated rings. The fourth-order valence-corrected chi connectivity index (χ4v) is 4.24. The topological polar surface area (TPSA) is 84.9 Å². The van der Waals surface area contributed by atoms with Gasteiger partial charge in [0, 0.05) is 6.04 Å². The Morgan fingerprint density at radius 2 is 1.95 bits per heavy atom. The summed E-state index contributed by atoms with van der Waals surface area (Å²) in [4.78, 5) is 0. The van der Waals surface area contributed by atoms with E-state index in [-0.39, 0.29) is 17.5 Å². The highest BCUT2D eigenvalue weighted by molar-refractivity contribution is 7.91. The van der Waals surface area contributed by atoms with Crippen molar-refractivity contribution in [2.24, 2.45) is 0 Å². The third-order valence-corrected chi connectivity index (χ3v) is 5.31. The van der Waals surface area contributed by atoms with Crippen LogP contribution in [0.25, 0.3) is 0 Å². The quantitative estimate of drug-likeness (QED) is 0.768. The van der Waals surface area contributed by atoms with Gasteiger partial charge >= 0.3 is 0 Å². The molecule has 0 aromatic heterocycles. The SMILES string of the molecule is COc1ccc(CCN[C@@H]2CS(=O)(=O)C[C@@H]2O)cc1OC. The van der Waals surface area contributed by atoms with E-state index in [2.05, 4.69) is 5.32 Å². The number of aliphatic hydroxyl groups excluding tert-OH is 1. The van der Waals surface area contributed by atoms with Crippen molar-refractivity contribution in [3.05, 3.63) is 23.8 Å². The lowest BCUT2D eigenvalue weighted by Crippen LogP contribution is -2.39. The molecule has 0 radical (unpaired) electrons. The molecule has 0 spiro atoms. The number of rotatable bonds is 6. The predicted molar refractivity (Wildman–Crippen MR) is 79.7 cm³/mol. The number of methoxy groups -OCH3 is 2. The molecule has 0 aliphatic carbocycles. The molecule has 0 saturated carbocycles. The second-order valence-corrected chi connectivity index (χ2v) is 7.30. The Labute approximate surface area is 125 Å². The fraction of sp³-hybridized carbons (Fsp3) is 0.571. The first-order valence-corrected chi connectivity index (χ1v) is 8.60. The predicted octanol–water partition coefficient (Wildman–Crippen LogP) is -0.00620. The van der Waals surface area contributed by atoms with Crippen molar-refractivity contribution in [1.29, 1.82) is 0 Å². The molecule has 118 valence electrons. The maximum atomic E-state index is 11.4. The largest absolute Gasteiger partial charge is 0.493 e. The molecule has 21 heavy (non-hydrogen) atoms. The zero-order chi connectivity index (χ0) is 15.5.